The zero-order valence-electron chi connectivity index (χ0n) is 7.58. The Morgan fingerprint density at radius 2 is 1.71 bits per heavy atom. The van der Waals surface area contributed by atoms with Crippen LogP contribution in [0.4, 0.5) is 22.0 Å². The zero-order valence-corrected chi connectivity index (χ0v) is 7.58. The first-order chi connectivity index (χ1) is 6.13. The van der Waals surface area contributed by atoms with Crippen molar-refractivity contribution in [1.29, 1.82) is 0 Å². The van der Waals surface area contributed by atoms with Crippen LogP contribution in [-0.4, -0.2) is 24.0 Å². The van der Waals surface area contributed by atoms with Gasteiger partial charge in [0.25, 0.3) is 0 Å². The summed E-state index contributed by atoms with van der Waals surface area (Å²) in [5, 5.41) is 1.57. The summed E-state index contributed by atoms with van der Waals surface area (Å²) >= 11 is 0. The van der Waals surface area contributed by atoms with E-state index in [1.54, 1.807) is 12.2 Å². The molecule has 0 radical (unpaired) electrons. The van der Waals surface area contributed by atoms with Crippen LogP contribution < -0.4 is 5.32 Å². The van der Waals surface area contributed by atoms with Crippen LogP contribution in [0, 0.1) is 0 Å². The highest BCUT2D eigenvalue weighted by molar-refractivity contribution is 5.84. The van der Waals surface area contributed by atoms with E-state index in [9.17, 15) is 26.7 Å². The lowest BCUT2D eigenvalue weighted by molar-refractivity contribution is -0.270. The van der Waals surface area contributed by atoms with Gasteiger partial charge in [-0.25, -0.2) is 0 Å². The number of hydrogen-bond acceptors (Lipinski definition) is 1. The highest BCUT2D eigenvalue weighted by Crippen LogP contribution is 2.35. The first-order valence-electron chi connectivity index (χ1n) is 3.88. The van der Waals surface area contributed by atoms with Crippen LogP contribution in [-0.2, 0) is 4.79 Å². The molecule has 0 aromatic carbocycles. The molecule has 0 aromatic heterocycles. The minimum Gasteiger partial charge on any atom is -0.348 e. The van der Waals surface area contributed by atoms with Crippen LogP contribution in [0.25, 0.3) is 0 Å². The molecule has 0 bridgehead atoms. The Labute approximate surface area is 77.5 Å². The smallest absolute Gasteiger partial charge is 0.348 e. The lowest BCUT2D eigenvalue weighted by Gasteiger charge is -2.20. The average molecular weight is 219 g/mol. The Hall–Kier alpha value is -0.880. The maximum Gasteiger partial charge on any atom is 0.463 e. The van der Waals surface area contributed by atoms with Gasteiger partial charge in [-0.05, 0) is 13.3 Å². The Kier molecular flexibility index (Phi) is 3.84. The molecule has 7 heteroatoms. The Morgan fingerprint density at radius 3 is 2.00 bits per heavy atom. The van der Waals surface area contributed by atoms with E-state index in [0.717, 1.165) is 0 Å². The maximum atomic E-state index is 12.3. The molecule has 2 nitrogen and oxygen atoms in total. The lowest BCUT2D eigenvalue weighted by Crippen LogP contribution is -2.52. The SMILES string of the molecule is CCC(C)NC(=O)C(F)(F)C(F)(F)F. The van der Waals surface area contributed by atoms with Crippen molar-refractivity contribution in [2.24, 2.45) is 0 Å². The largest absolute Gasteiger partial charge is 0.463 e. The third-order valence-electron chi connectivity index (χ3n) is 1.63. The van der Waals surface area contributed by atoms with Crippen molar-refractivity contribution >= 4 is 5.91 Å². The van der Waals surface area contributed by atoms with E-state index in [1.165, 1.54) is 6.92 Å². The van der Waals surface area contributed by atoms with Crippen molar-refractivity contribution in [3.05, 3.63) is 0 Å². The first-order valence-corrected chi connectivity index (χ1v) is 3.88. The highest BCUT2D eigenvalue weighted by atomic mass is 19.4. The van der Waals surface area contributed by atoms with E-state index in [-0.39, 0.29) is 6.42 Å². The van der Waals surface area contributed by atoms with Gasteiger partial charge in [0.1, 0.15) is 0 Å². The van der Waals surface area contributed by atoms with Gasteiger partial charge >= 0.3 is 18.0 Å². The van der Waals surface area contributed by atoms with Gasteiger partial charge in [-0.15, -0.1) is 0 Å². The van der Waals surface area contributed by atoms with Crippen molar-refractivity contribution < 1.29 is 26.7 Å². The number of nitrogens with one attached hydrogen (secondary N) is 1. The quantitative estimate of drug-likeness (QED) is 0.723. The maximum absolute atomic E-state index is 12.3. The Bertz CT molecular complexity index is 213. The van der Waals surface area contributed by atoms with Crippen molar-refractivity contribution in [2.75, 3.05) is 0 Å². The Balaban J connectivity index is 4.53. The van der Waals surface area contributed by atoms with Crippen LogP contribution in [0.15, 0.2) is 0 Å². The van der Waals surface area contributed by atoms with Crippen molar-refractivity contribution in [2.45, 2.75) is 38.4 Å². The van der Waals surface area contributed by atoms with Gasteiger partial charge < -0.3 is 5.32 Å². The standard InChI is InChI=1S/C7H10F5NO/c1-3-4(2)13-5(14)6(8,9)7(10,11)12/h4H,3H2,1-2H3,(H,13,14). The van der Waals surface area contributed by atoms with Crippen molar-refractivity contribution in [3.63, 3.8) is 0 Å². The minimum atomic E-state index is -5.84. The molecule has 1 amide bonds. The van der Waals surface area contributed by atoms with E-state index in [1.807, 2.05) is 0 Å². The van der Waals surface area contributed by atoms with Crippen LogP contribution in [0.1, 0.15) is 20.3 Å². The summed E-state index contributed by atoms with van der Waals surface area (Å²) in [5.41, 5.74) is 0. The van der Waals surface area contributed by atoms with E-state index < -0.39 is 24.0 Å². The number of rotatable bonds is 3. The molecule has 0 saturated heterocycles. The second kappa shape index (κ2) is 4.10. The molecule has 0 aliphatic rings. The Morgan fingerprint density at radius 1 is 1.29 bits per heavy atom. The van der Waals surface area contributed by atoms with Crippen LogP contribution >= 0.6 is 0 Å². The molecule has 0 saturated carbocycles. The molecule has 1 N–H and O–H groups in total. The van der Waals surface area contributed by atoms with E-state index in [0.29, 0.717) is 0 Å². The monoisotopic (exact) mass is 219 g/mol. The van der Waals surface area contributed by atoms with Gasteiger partial charge in [-0.2, -0.15) is 22.0 Å². The molecule has 1 unspecified atom stereocenters. The fourth-order valence-electron chi connectivity index (χ4n) is 0.545. The van der Waals surface area contributed by atoms with Crippen LogP contribution in [0.2, 0.25) is 0 Å². The van der Waals surface area contributed by atoms with Gasteiger partial charge in [-0.1, -0.05) is 6.92 Å². The lowest BCUT2D eigenvalue weighted by atomic mass is 10.2. The molecule has 0 fully saturated rings. The molecule has 0 aliphatic heterocycles. The number of alkyl halides is 5. The molecular weight excluding hydrogens is 209 g/mol. The van der Waals surface area contributed by atoms with Gasteiger partial charge in [-0.3, -0.25) is 4.79 Å². The summed E-state index contributed by atoms with van der Waals surface area (Å²) in [6.45, 7) is 2.89. The zero-order chi connectivity index (χ0) is 11.6. The average Bonchev–Trinajstić information content (AvgIpc) is 2.01. The number of hydrogen-bond donors (Lipinski definition) is 1. The molecule has 0 spiro atoms. The summed E-state index contributed by atoms with van der Waals surface area (Å²) in [6, 6.07) is -0.712. The first kappa shape index (κ1) is 13.1. The predicted octanol–water partition coefficient (Wildman–Crippen LogP) is 2.10. The summed E-state index contributed by atoms with van der Waals surface area (Å²) in [4.78, 5) is 10.5. The van der Waals surface area contributed by atoms with Gasteiger partial charge in [0, 0.05) is 6.04 Å². The number of amides is 1. The summed E-state index contributed by atoms with van der Waals surface area (Å²) in [6.07, 6.45) is -5.57. The molecule has 0 heterocycles. The molecule has 0 aliphatic carbocycles. The number of carbonyl (C=O) groups is 1. The second-order valence-electron chi connectivity index (χ2n) is 2.85. The fourth-order valence-corrected chi connectivity index (χ4v) is 0.545. The topological polar surface area (TPSA) is 29.1 Å². The highest BCUT2D eigenvalue weighted by Gasteiger charge is 2.63. The molecule has 0 rings (SSSR count). The van der Waals surface area contributed by atoms with E-state index in [2.05, 4.69) is 0 Å². The summed E-state index contributed by atoms with van der Waals surface area (Å²) in [5.74, 6) is -7.63. The van der Waals surface area contributed by atoms with Gasteiger partial charge in [0.15, 0.2) is 0 Å². The van der Waals surface area contributed by atoms with E-state index in [4.69, 9.17) is 0 Å². The third kappa shape index (κ3) is 2.81. The molecule has 14 heavy (non-hydrogen) atoms. The molecule has 1 atom stereocenters. The number of carbonyl (C=O) groups excluding carboxylic acids is 1. The van der Waals surface area contributed by atoms with Gasteiger partial charge in [0.05, 0.1) is 0 Å². The molecule has 0 aromatic rings. The van der Waals surface area contributed by atoms with Crippen molar-refractivity contribution in [3.8, 4) is 0 Å². The third-order valence-corrected chi connectivity index (χ3v) is 1.63. The predicted molar refractivity (Wildman–Crippen MR) is 38.9 cm³/mol. The van der Waals surface area contributed by atoms with E-state index >= 15 is 0 Å². The van der Waals surface area contributed by atoms with Crippen molar-refractivity contribution in [1.82, 2.24) is 5.32 Å². The molecule has 84 valence electrons. The van der Waals surface area contributed by atoms with Crippen LogP contribution in [0.5, 0.6) is 0 Å². The van der Waals surface area contributed by atoms with Crippen LogP contribution in [0.3, 0.4) is 0 Å². The summed E-state index contributed by atoms with van der Waals surface area (Å²) < 4.78 is 59.4. The number of halogens is 5. The normalized spacial score (nSPS) is 15.1. The minimum absolute atomic E-state index is 0.277. The molecular formula is C7H10F5NO. The second-order valence-corrected chi connectivity index (χ2v) is 2.85. The fraction of sp³-hybridized carbons (Fsp3) is 0.857. The van der Waals surface area contributed by atoms with Gasteiger partial charge in [0.2, 0.25) is 0 Å². The summed E-state index contributed by atoms with van der Waals surface area (Å²) in [7, 11) is 0.